The lowest BCUT2D eigenvalue weighted by atomic mass is 9.99. The van der Waals surface area contributed by atoms with Crippen molar-refractivity contribution in [3.05, 3.63) is 18.2 Å². The Kier molecular flexibility index (Phi) is 5.82. The first-order valence-corrected chi connectivity index (χ1v) is 7.15. The first-order chi connectivity index (χ1) is 9.35. The maximum atomic E-state index is 5.75. The van der Waals surface area contributed by atoms with Crippen LogP contribution in [-0.4, -0.2) is 42.5 Å². The van der Waals surface area contributed by atoms with Crippen LogP contribution in [0.4, 0.5) is 0 Å². The summed E-state index contributed by atoms with van der Waals surface area (Å²) in [6.07, 6.45) is 6.54. The summed E-state index contributed by atoms with van der Waals surface area (Å²) in [5.74, 6) is 0.622. The number of rotatable bonds is 8. The van der Waals surface area contributed by atoms with E-state index in [1.54, 1.807) is 7.11 Å². The Morgan fingerprint density at radius 1 is 1.58 bits per heavy atom. The van der Waals surface area contributed by atoms with Crippen LogP contribution in [0.5, 0.6) is 0 Å². The molecule has 108 valence electrons. The Bertz CT molecular complexity index is 367. The predicted molar refractivity (Wildman–Crippen MR) is 73.9 cm³/mol. The normalized spacial score (nSPS) is 23.1. The van der Waals surface area contributed by atoms with Crippen LogP contribution in [0.2, 0.25) is 0 Å². The smallest absolute Gasteiger partial charge is 0.0948 e. The van der Waals surface area contributed by atoms with Gasteiger partial charge in [0, 0.05) is 45.5 Å². The van der Waals surface area contributed by atoms with Crippen molar-refractivity contribution in [3.8, 4) is 0 Å². The van der Waals surface area contributed by atoms with Crippen molar-refractivity contribution in [1.29, 1.82) is 0 Å². The molecular formula is C14H25N3O2. The van der Waals surface area contributed by atoms with Crippen molar-refractivity contribution in [2.45, 2.75) is 39.0 Å². The van der Waals surface area contributed by atoms with Crippen molar-refractivity contribution in [2.75, 3.05) is 26.9 Å². The number of nitrogens with zero attached hydrogens (tertiary/aromatic N) is 2. The lowest BCUT2D eigenvalue weighted by Crippen LogP contribution is -2.24. The van der Waals surface area contributed by atoms with Gasteiger partial charge in [-0.15, -0.1) is 0 Å². The van der Waals surface area contributed by atoms with E-state index >= 15 is 0 Å². The molecule has 1 fully saturated rings. The lowest BCUT2D eigenvalue weighted by Gasteiger charge is -2.18. The van der Waals surface area contributed by atoms with E-state index in [0.717, 1.165) is 45.7 Å². The molecule has 0 amide bonds. The van der Waals surface area contributed by atoms with E-state index in [1.807, 2.05) is 12.5 Å². The molecule has 1 N–H and O–H groups in total. The average Bonchev–Trinajstić information content (AvgIpc) is 3.04. The molecule has 2 heterocycles. The van der Waals surface area contributed by atoms with Crippen LogP contribution in [0, 0.1) is 5.92 Å². The molecule has 0 bridgehead atoms. The summed E-state index contributed by atoms with van der Waals surface area (Å²) in [6.45, 7) is 6.56. The lowest BCUT2D eigenvalue weighted by molar-refractivity contribution is 0.0832. The molecule has 0 aromatic carbocycles. The molecule has 5 heteroatoms. The summed E-state index contributed by atoms with van der Waals surface area (Å²) in [4.78, 5) is 4.26. The van der Waals surface area contributed by atoms with Gasteiger partial charge in [0.15, 0.2) is 0 Å². The molecule has 1 aliphatic rings. The second kappa shape index (κ2) is 7.62. The molecule has 1 saturated heterocycles. The molecule has 19 heavy (non-hydrogen) atoms. The first kappa shape index (κ1) is 14.5. The van der Waals surface area contributed by atoms with E-state index in [4.69, 9.17) is 9.47 Å². The Labute approximate surface area is 115 Å². The van der Waals surface area contributed by atoms with Crippen molar-refractivity contribution in [3.63, 3.8) is 0 Å². The summed E-state index contributed by atoms with van der Waals surface area (Å²) in [5, 5.41) is 3.36. The fourth-order valence-electron chi connectivity index (χ4n) is 2.66. The minimum Gasteiger partial charge on any atom is -0.383 e. The maximum Gasteiger partial charge on any atom is 0.0948 e. The van der Waals surface area contributed by atoms with Gasteiger partial charge >= 0.3 is 0 Å². The highest BCUT2D eigenvalue weighted by atomic mass is 16.5. The number of ether oxygens (including phenoxy) is 2. The average molecular weight is 267 g/mol. The highest BCUT2D eigenvalue weighted by Crippen LogP contribution is 2.25. The Hall–Kier alpha value is -0.910. The van der Waals surface area contributed by atoms with E-state index in [9.17, 15) is 0 Å². The van der Waals surface area contributed by atoms with Crippen LogP contribution in [0.15, 0.2) is 12.5 Å². The molecule has 2 rings (SSSR count). The van der Waals surface area contributed by atoms with Gasteiger partial charge in [0.1, 0.15) is 0 Å². The minimum absolute atomic E-state index is 0.414. The largest absolute Gasteiger partial charge is 0.383 e. The van der Waals surface area contributed by atoms with Crippen molar-refractivity contribution in [1.82, 2.24) is 14.9 Å². The van der Waals surface area contributed by atoms with Gasteiger partial charge in [0.25, 0.3) is 0 Å². The Morgan fingerprint density at radius 3 is 3.26 bits per heavy atom. The van der Waals surface area contributed by atoms with Gasteiger partial charge in [-0.25, -0.2) is 4.98 Å². The SMILES string of the molecule is CCC1OCCC1Cn1cncc1CNCCOC. The molecule has 0 spiro atoms. The molecule has 2 atom stereocenters. The van der Waals surface area contributed by atoms with Gasteiger partial charge in [-0.2, -0.15) is 0 Å². The number of methoxy groups -OCH3 is 1. The molecule has 5 nitrogen and oxygen atoms in total. The van der Waals surface area contributed by atoms with Crippen molar-refractivity contribution >= 4 is 0 Å². The fourth-order valence-corrected chi connectivity index (χ4v) is 2.66. The second-order valence-electron chi connectivity index (χ2n) is 5.07. The zero-order valence-corrected chi connectivity index (χ0v) is 12.0. The third-order valence-corrected chi connectivity index (χ3v) is 3.77. The summed E-state index contributed by atoms with van der Waals surface area (Å²) in [5.41, 5.74) is 1.23. The second-order valence-corrected chi connectivity index (χ2v) is 5.07. The van der Waals surface area contributed by atoms with Crippen LogP contribution < -0.4 is 5.32 Å². The quantitative estimate of drug-likeness (QED) is 0.724. The van der Waals surface area contributed by atoms with Gasteiger partial charge < -0.3 is 19.4 Å². The van der Waals surface area contributed by atoms with Crippen LogP contribution in [0.3, 0.4) is 0 Å². The van der Waals surface area contributed by atoms with Gasteiger partial charge in [-0.05, 0) is 12.8 Å². The van der Waals surface area contributed by atoms with E-state index in [2.05, 4.69) is 21.8 Å². The molecule has 1 aromatic rings. The molecule has 0 radical (unpaired) electrons. The summed E-state index contributed by atoms with van der Waals surface area (Å²) >= 11 is 0. The van der Waals surface area contributed by atoms with E-state index in [-0.39, 0.29) is 0 Å². The molecule has 2 unspecified atom stereocenters. The number of hydrogen-bond donors (Lipinski definition) is 1. The van der Waals surface area contributed by atoms with Gasteiger partial charge in [0.2, 0.25) is 0 Å². The Morgan fingerprint density at radius 2 is 2.47 bits per heavy atom. The zero-order valence-electron chi connectivity index (χ0n) is 12.0. The number of nitrogens with one attached hydrogen (secondary N) is 1. The van der Waals surface area contributed by atoms with Gasteiger partial charge in [-0.1, -0.05) is 6.92 Å². The predicted octanol–water partition coefficient (Wildman–Crippen LogP) is 1.43. The van der Waals surface area contributed by atoms with Crippen molar-refractivity contribution in [2.24, 2.45) is 5.92 Å². The fraction of sp³-hybridized carbons (Fsp3) is 0.786. The number of aromatic nitrogens is 2. The molecule has 0 aliphatic carbocycles. The van der Waals surface area contributed by atoms with E-state index in [1.165, 1.54) is 5.69 Å². The molecule has 1 aromatic heterocycles. The highest BCUT2D eigenvalue weighted by Gasteiger charge is 2.27. The third kappa shape index (κ3) is 4.03. The summed E-state index contributed by atoms with van der Waals surface area (Å²) in [7, 11) is 1.72. The Balaban J connectivity index is 1.84. The first-order valence-electron chi connectivity index (χ1n) is 7.15. The van der Waals surface area contributed by atoms with Gasteiger partial charge in [-0.3, -0.25) is 0 Å². The van der Waals surface area contributed by atoms with Crippen LogP contribution in [0.1, 0.15) is 25.5 Å². The zero-order chi connectivity index (χ0) is 13.5. The van der Waals surface area contributed by atoms with Gasteiger partial charge in [0.05, 0.1) is 24.7 Å². The number of imidazole rings is 1. The highest BCUT2D eigenvalue weighted by molar-refractivity contribution is 4.98. The maximum absolute atomic E-state index is 5.75. The minimum atomic E-state index is 0.414. The monoisotopic (exact) mass is 267 g/mol. The number of hydrogen-bond acceptors (Lipinski definition) is 4. The van der Waals surface area contributed by atoms with Crippen LogP contribution in [-0.2, 0) is 22.6 Å². The molecular weight excluding hydrogens is 242 g/mol. The third-order valence-electron chi connectivity index (χ3n) is 3.77. The van der Waals surface area contributed by atoms with E-state index < -0.39 is 0 Å². The van der Waals surface area contributed by atoms with Crippen LogP contribution in [0.25, 0.3) is 0 Å². The molecule has 1 aliphatic heterocycles. The van der Waals surface area contributed by atoms with E-state index in [0.29, 0.717) is 12.0 Å². The van der Waals surface area contributed by atoms with Crippen LogP contribution >= 0.6 is 0 Å². The molecule has 0 saturated carbocycles. The topological polar surface area (TPSA) is 48.3 Å². The summed E-state index contributed by atoms with van der Waals surface area (Å²) < 4.78 is 13.0. The summed E-state index contributed by atoms with van der Waals surface area (Å²) in [6, 6.07) is 0. The van der Waals surface area contributed by atoms with Crippen molar-refractivity contribution < 1.29 is 9.47 Å². The standard InChI is InChI=1S/C14H25N3O2/c1-3-14-12(4-6-19-14)10-17-11-16-9-13(17)8-15-5-7-18-2/h9,11-12,14-15H,3-8,10H2,1-2H3.